The zero-order valence-electron chi connectivity index (χ0n) is 11.4. The van der Waals surface area contributed by atoms with Crippen molar-refractivity contribution in [3.63, 3.8) is 0 Å². The van der Waals surface area contributed by atoms with Crippen LogP contribution in [0.15, 0.2) is 0 Å². The highest BCUT2D eigenvalue weighted by atomic mass is 32.2. The van der Waals surface area contributed by atoms with Crippen LogP contribution in [0.3, 0.4) is 0 Å². The van der Waals surface area contributed by atoms with Gasteiger partial charge in [-0.2, -0.15) is 0 Å². The van der Waals surface area contributed by atoms with Crippen molar-refractivity contribution in [1.82, 2.24) is 4.72 Å². The van der Waals surface area contributed by atoms with Crippen molar-refractivity contribution in [1.29, 1.82) is 0 Å². The van der Waals surface area contributed by atoms with E-state index in [0.29, 0.717) is 6.42 Å². The molecule has 0 rings (SSSR count). The van der Waals surface area contributed by atoms with Gasteiger partial charge < -0.3 is 4.74 Å². The lowest BCUT2D eigenvalue weighted by atomic mass is 10.00. The Balaban J connectivity index is 4.88. The highest BCUT2D eigenvalue weighted by Crippen LogP contribution is 2.15. The van der Waals surface area contributed by atoms with Crippen molar-refractivity contribution >= 4 is 16.0 Å². The van der Waals surface area contributed by atoms with Crippen LogP contribution in [0, 0.1) is 5.92 Å². The maximum absolute atomic E-state index is 11.9. The van der Waals surface area contributed by atoms with Gasteiger partial charge in [-0.25, -0.2) is 13.1 Å². The third-order valence-electron chi connectivity index (χ3n) is 2.21. The van der Waals surface area contributed by atoms with Crippen LogP contribution in [0.4, 0.5) is 0 Å². The summed E-state index contributed by atoms with van der Waals surface area (Å²) in [5.41, 5.74) is -0.623. The predicted molar refractivity (Wildman–Crippen MR) is 67.1 cm³/mol. The lowest BCUT2D eigenvalue weighted by Crippen LogP contribution is -2.47. The van der Waals surface area contributed by atoms with E-state index in [1.54, 1.807) is 20.8 Å². The molecule has 0 unspecified atom stereocenters. The number of esters is 1. The summed E-state index contributed by atoms with van der Waals surface area (Å²) in [6, 6.07) is -0.825. The van der Waals surface area contributed by atoms with Crippen molar-refractivity contribution in [3.8, 4) is 0 Å². The number of carbonyl (C=O) groups is 1. The van der Waals surface area contributed by atoms with Crippen LogP contribution in [-0.4, -0.2) is 32.3 Å². The van der Waals surface area contributed by atoms with E-state index >= 15 is 0 Å². The highest BCUT2D eigenvalue weighted by molar-refractivity contribution is 7.88. The quantitative estimate of drug-likeness (QED) is 0.760. The minimum atomic E-state index is -3.43. The predicted octanol–water partition coefficient (Wildman–Crippen LogP) is 1.29. The average Bonchev–Trinajstić information content (AvgIpc) is 2.08. The van der Waals surface area contributed by atoms with E-state index < -0.39 is 27.6 Å². The van der Waals surface area contributed by atoms with Crippen LogP contribution in [0.5, 0.6) is 0 Å². The van der Waals surface area contributed by atoms with Gasteiger partial charge in [0.15, 0.2) is 0 Å². The molecule has 0 saturated carbocycles. The van der Waals surface area contributed by atoms with Gasteiger partial charge in [-0.3, -0.25) is 4.79 Å². The van der Waals surface area contributed by atoms with Crippen molar-refractivity contribution in [2.75, 3.05) is 6.26 Å². The Labute approximate surface area is 104 Å². The summed E-state index contributed by atoms with van der Waals surface area (Å²) in [5.74, 6) is -0.642. The Morgan fingerprint density at radius 3 is 2.12 bits per heavy atom. The molecule has 2 atom stereocenters. The Morgan fingerprint density at radius 2 is 1.82 bits per heavy atom. The molecule has 0 aromatic heterocycles. The summed E-state index contributed by atoms with van der Waals surface area (Å²) in [6.07, 6.45) is 1.72. The van der Waals surface area contributed by atoms with Crippen molar-refractivity contribution in [2.45, 2.75) is 52.7 Å². The van der Waals surface area contributed by atoms with Gasteiger partial charge in [-0.1, -0.05) is 20.3 Å². The molecule has 0 heterocycles. The van der Waals surface area contributed by atoms with Crippen LogP contribution < -0.4 is 4.72 Å². The molecule has 0 aromatic carbocycles. The van der Waals surface area contributed by atoms with Gasteiger partial charge in [0.05, 0.1) is 6.26 Å². The van der Waals surface area contributed by atoms with Crippen LogP contribution in [0.25, 0.3) is 0 Å². The molecular formula is C11H23NO4S. The average molecular weight is 265 g/mol. The molecule has 0 bridgehead atoms. The van der Waals surface area contributed by atoms with Gasteiger partial charge in [0.1, 0.15) is 11.6 Å². The maximum Gasteiger partial charge on any atom is 0.324 e. The fourth-order valence-electron chi connectivity index (χ4n) is 1.23. The van der Waals surface area contributed by atoms with E-state index in [4.69, 9.17) is 4.74 Å². The van der Waals surface area contributed by atoms with Gasteiger partial charge >= 0.3 is 5.97 Å². The minimum absolute atomic E-state index is 0.112. The third kappa shape index (κ3) is 7.33. The molecule has 0 aliphatic rings. The van der Waals surface area contributed by atoms with Crippen molar-refractivity contribution in [3.05, 3.63) is 0 Å². The Kier molecular flexibility index (Phi) is 5.61. The number of hydrogen-bond donors (Lipinski definition) is 1. The lowest BCUT2D eigenvalue weighted by Gasteiger charge is -2.26. The second-order valence-electron chi connectivity index (χ2n) is 5.29. The third-order valence-corrected chi connectivity index (χ3v) is 2.90. The van der Waals surface area contributed by atoms with Gasteiger partial charge in [0.25, 0.3) is 0 Å². The summed E-state index contributed by atoms with van der Waals surface area (Å²) in [6.45, 7) is 8.95. The fraction of sp³-hybridized carbons (Fsp3) is 0.909. The molecule has 17 heavy (non-hydrogen) atoms. The Morgan fingerprint density at radius 1 is 1.35 bits per heavy atom. The van der Waals surface area contributed by atoms with E-state index in [-0.39, 0.29) is 5.92 Å². The van der Waals surface area contributed by atoms with E-state index in [1.807, 2.05) is 13.8 Å². The number of rotatable bonds is 5. The zero-order chi connectivity index (χ0) is 13.9. The number of sulfonamides is 1. The zero-order valence-corrected chi connectivity index (χ0v) is 12.2. The number of carbonyl (C=O) groups excluding carboxylic acids is 1. The highest BCUT2D eigenvalue weighted by Gasteiger charge is 2.31. The monoisotopic (exact) mass is 265 g/mol. The van der Waals surface area contributed by atoms with Gasteiger partial charge in [-0.15, -0.1) is 0 Å². The molecule has 0 aliphatic carbocycles. The van der Waals surface area contributed by atoms with E-state index in [0.717, 1.165) is 6.26 Å². The van der Waals surface area contributed by atoms with Gasteiger partial charge in [0.2, 0.25) is 10.0 Å². The summed E-state index contributed by atoms with van der Waals surface area (Å²) in [7, 11) is -3.43. The van der Waals surface area contributed by atoms with Crippen LogP contribution >= 0.6 is 0 Å². The fourth-order valence-corrected chi connectivity index (χ4v) is 2.02. The molecular weight excluding hydrogens is 242 g/mol. The van der Waals surface area contributed by atoms with Crippen molar-refractivity contribution in [2.24, 2.45) is 5.92 Å². The molecule has 5 nitrogen and oxygen atoms in total. The minimum Gasteiger partial charge on any atom is -0.459 e. The molecule has 0 amide bonds. The summed E-state index contributed by atoms with van der Waals surface area (Å²) in [5, 5.41) is 0. The normalized spacial score (nSPS) is 16.4. The molecule has 0 fully saturated rings. The molecule has 0 aliphatic heterocycles. The number of hydrogen-bond acceptors (Lipinski definition) is 4. The number of nitrogens with one attached hydrogen (secondary N) is 1. The summed E-state index contributed by atoms with van der Waals surface area (Å²) >= 11 is 0. The largest absolute Gasteiger partial charge is 0.459 e. The first kappa shape index (κ1) is 16.4. The molecule has 102 valence electrons. The summed E-state index contributed by atoms with van der Waals surface area (Å²) in [4.78, 5) is 11.9. The van der Waals surface area contributed by atoms with Gasteiger partial charge in [-0.05, 0) is 26.7 Å². The summed E-state index contributed by atoms with van der Waals surface area (Å²) < 4.78 is 30.0. The lowest BCUT2D eigenvalue weighted by molar-refractivity contribution is -0.158. The first-order valence-electron chi connectivity index (χ1n) is 5.66. The second-order valence-corrected chi connectivity index (χ2v) is 7.07. The maximum atomic E-state index is 11.9. The first-order valence-corrected chi connectivity index (χ1v) is 7.55. The molecule has 6 heteroatoms. The molecule has 0 aromatic rings. The van der Waals surface area contributed by atoms with E-state index in [9.17, 15) is 13.2 Å². The Hall–Kier alpha value is -0.620. The van der Waals surface area contributed by atoms with Crippen LogP contribution in [0.2, 0.25) is 0 Å². The van der Waals surface area contributed by atoms with Gasteiger partial charge in [0, 0.05) is 0 Å². The topological polar surface area (TPSA) is 72.5 Å². The second kappa shape index (κ2) is 5.82. The standard InChI is InChI=1S/C11H23NO4S/c1-7-8(2)9(12-17(6,14)15)10(13)16-11(3,4)5/h8-9,12H,7H2,1-6H3/t8-,9-/m0/s1. The van der Waals surface area contributed by atoms with E-state index in [1.165, 1.54) is 0 Å². The number of ether oxygens (including phenoxy) is 1. The SMILES string of the molecule is CC[C@H](C)[C@H](NS(C)(=O)=O)C(=O)OC(C)(C)C. The van der Waals surface area contributed by atoms with Crippen LogP contribution in [0.1, 0.15) is 41.0 Å². The molecule has 0 radical (unpaired) electrons. The van der Waals surface area contributed by atoms with E-state index in [2.05, 4.69) is 4.72 Å². The smallest absolute Gasteiger partial charge is 0.324 e. The van der Waals surface area contributed by atoms with Crippen molar-refractivity contribution < 1.29 is 17.9 Å². The van der Waals surface area contributed by atoms with Crippen LogP contribution in [-0.2, 0) is 19.6 Å². The molecule has 0 saturated heterocycles. The molecule has 1 N–H and O–H groups in total. The Bertz CT molecular complexity index is 356. The first-order chi connectivity index (χ1) is 7.46. The molecule has 0 spiro atoms.